The van der Waals surface area contributed by atoms with Gasteiger partial charge in [-0.3, -0.25) is 0 Å². The second kappa shape index (κ2) is 10.5. The van der Waals surface area contributed by atoms with Crippen molar-refractivity contribution in [3.8, 4) is 0 Å². The standard InChI is InChI=1S/C26H33BrN2O/c1-26(2,17-20-12-13-21-8-4-5-10-23(21)16-20)28-18-24(30)19-29(3)15-14-22-9-6-7-11-25(22)27/h4-13,16,24,28,30H,14-15,17-19H2,1-3H3/t24-/m1/s1. The fourth-order valence-electron chi connectivity index (χ4n) is 3.84. The van der Waals surface area contributed by atoms with Crippen molar-refractivity contribution in [1.29, 1.82) is 0 Å². The van der Waals surface area contributed by atoms with Crippen molar-refractivity contribution in [3.05, 3.63) is 82.3 Å². The van der Waals surface area contributed by atoms with Crippen LogP contribution in [0, 0.1) is 0 Å². The van der Waals surface area contributed by atoms with Crippen LogP contribution >= 0.6 is 15.9 Å². The number of likely N-dealkylation sites (N-methyl/N-ethyl adjacent to an activating group) is 1. The molecule has 0 radical (unpaired) electrons. The first-order valence-corrected chi connectivity index (χ1v) is 11.4. The summed E-state index contributed by atoms with van der Waals surface area (Å²) < 4.78 is 1.15. The Labute approximate surface area is 189 Å². The summed E-state index contributed by atoms with van der Waals surface area (Å²) in [5.41, 5.74) is 2.52. The summed E-state index contributed by atoms with van der Waals surface area (Å²) in [6, 6.07) is 23.4. The van der Waals surface area contributed by atoms with E-state index in [9.17, 15) is 5.11 Å². The zero-order chi connectivity index (χ0) is 21.6. The summed E-state index contributed by atoms with van der Waals surface area (Å²) in [5.74, 6) is 0. The third-order valence-electron chi connectivity index (χ3n) is 5.52. The molecule has 3 aromatic rings. The van der Waals surface area contributed by atoms with Crippen molar-refractivity contribution >= 4 is 26.7 Å². The predicted molar refractivity (Wildman–Crippen MR) is 131 cm³/mol. The maximum absolute atomic E-state index is 10.5. The Balaban J connectivity index is 1.45. The van der Waals surface area contributed by atoms with Crippen LogP contribution in [0.15, 0.2) is 71.2 Å². The first-order valence-electron chi connectivity index (χ1n) is 10.7. The van der Waals surface area contributed by atoms with Gasteiger partial charge in [-0.2, -0.15) is 0 Å². The minimum atomic E-state index is -0.398. The van der Waals surface area contributed by atoms with E-state index in [1.807, 2.05) is 6.07 Å². The van der Waals surface area contributed by atoms with Gasteiger partial charge in [0, 0.05) is 29.6 Å². The van der Waals surface area contributed by atoms with E-state index in [2.05, 4.69) is 108 Å². The average Bonchev–Trinajstić information content (AvgIpc) is 2.71. The van der Waals surface area contributed by atoms with Crippen LogP contribution in [0.25, 0.3) is 10.8 Å². The van der Waals surface area contributed by atoms with Gasteiger partial charge in [0.1, 0.15) is 0 Å². The molecule has 0 aliphatic rings. The van der Waals surface area contributed by atoms with Crippen molar-refractivity contribution in [2.24, 2.45) is 0 Å². The lowest BCUT2D eigenvalue weighted by Crippen LogP contribution is -2.47. The molecular weight excluding hydrogens is 436 g/mol. The monoisotopic (exact) mass is 468 g/mol. The Hall–Kier alpha value is -1.72. The van der Waals surface area contributed by atoms with Crippen LogP contribution in [0.3, 0.4) is 0 Å². The van der Waals surface area contributed by atoms with Gasteiger partial charge in [-0.1, -0.05) is 76.6 Å². The predicted octanol–water partition coefficient (Wildman–Crippen LogP) is 5.05. The molecule has 30 heavy (non-hydrogen) atoms. The Kier molecular flexibility index (Phi) is 8.06. The van der Waals surface area contributed by atoms with E-state index >= 15 is 0 Å². The van der Waals surface area contributed by atoms with Crippen molar-refractivity contribution < 1.29 is 5.11 Å². The molecule has 3 nitrogen and oxygen atoms in total. The summed E-state index contributed by atoms with van der Waals surface area (Å²) in [6.45, 7) is 6.56. The van der Waals surface area contributed by atoms with Gasteiger partial charge >= 0.3 is 0 Å². The molecule has 3 rings (SSSR count). The minimum Gasteiger partial charge on any atom is -0.390 e. The van der Waals surface area contributed by atoms with E-state index in [4.69, 9.17) is 0 Å². The fraction of sp³-hybridized carbons (Fsp3) is 0.385. The molecule has 0 spiro atoms. The van der Waals surface area contributed by atoms with Gasteiger partial charge < -0.3 is 15.3 Å². The molecule has 1 atom stereocenters. The number of benzene rings is 3. The highest BCUT2D eigenvalue weighted by Crippen LogP contribution is 2.20. The Morgan fingerprint density at radius 1 is 1.00 bits per heavy atom. The highest BCUT2D eigenvalue weighted by Gasteiger charge is 2.20. The van der Waals surface area contributed by atoms with Crippen molar-refractivity contribution in [1.82, 2.24) is 10.2 Å². The topological polar surface area (TPSA) is 35.5 Å². The van der Waals surface area contributed by atoms with Crippen LogP contribution in [0.1, 0.15) is 25.0 Å². The fourth-order valence-corrected chi connectivity index (χ4v) is 4.33. The van der Waals surface area contributed by atoms with Gasteiger partial charge in [-0.25, -0.2) is 0 Å². The van der Waals surface area contributed by atoms with E-state index in [1.54, 1.807) is 0 Å². The van der Waals surface area contributed by atoms with Crippen molar-refractivity contribution in [3.63, 3.8) is 0 Å². The molecule has 0 saturated carbocycles. The van der Waals surface area contributed by atoms with Gasteiger partial charge in [0.2, 0.25) is 0 Å². The summed E-state index contributed by atoms with van der Waals surface area (Å²) in [7, 11) is 2.07. The molecule has 4 heteroatoms. The number of aliphatic hydroxyl groups is 1. The molecule has 3 aromatic carbocycles. The number of rotatable bonds is 10. The number of hydrogen-bond donors (Lipinski definition) is 2. The Morgan fingerprint density at radius 2 is 1.70 bits per heavy atom. The number of hydrogen-bond acceptors (Lipinski definition) is 3. The minimum absolute atomic E-state index is 0.0864. The maximum Gasteiger partial charge on any atom is 0.0791 e. The molecule has 0 saturated heterocycles. The third-order valence-corrected chi connectivity index (χ3v) is 6.29. The zero-order valence-electron chi connectivity index (χ0n) is 18.2. The molecule has 0 heterocycles. The van der Waals surface area contributed by atoms with Crippen molar-refractivity contribution in [2.45, 2.75) is 38.3 Å². The van der Waals surface area contributed by atoms with Gasteiger partial charge in [-0.15, -0.1) is 0 Å². The summed E-state index contributed by atoms with van der Waals surface area (Å²) in [6.07, 6.45) is 1.48. The average molecular weight is 469 g/mol. The van der Waals surface area contributed by atoms with E-state index in [0.717, 1.165) is 23.9 Å². The summed E-state index contributed by atoms with van der Waals surface area (Å²) >= 11 is 3.61. The van der Waals surface area contributed by atoms with Crippen LogP contribution in [-0.2, 0) is 12.8 Å². The van der Waals surface area contributed by atoms with Crippen molar-refractivity contribution in [2.75, 3.05) is 26.7 Å². The second-order valence-corrected chi connectivity index (χ2v) is 9.73. The first-order chi connectivity index (χ1) is 14.3. The summed E-state index contributed by atoms with van der Waals surface area (Å²) in [4.78, 5) is 2.20. The third kappa shape index (κ3) is 6.92. The van der Waals surface area contributed by atoms with Gasteiger partial charge in [0.05, 0.1) is 6.10 Å². The first kappa shape index (κ1) is 23.0. The van der Waals surface area contributed by atoms with Crippen LogP contribution in [0.5, 0.6) is 0 Å². The van der Waals surface area contributed by atoms with Crippen LogP contribution in [0.2, 0.25) is 0 Å². The Bertz CT molecular complexity index is 956. The zero-order valence-corrected chi connectivity index (χ0v) is 19.8. The lowest BCUT2D eigenvalue weighted by Gasteiger charge is -2.29. The van der Waals surface area contributed by atoms with Gasteiger partial charge in [0.25, 0.3) is 0 Å². The normalized spacial score (nSPS) is 13.1. The number of β-amino-alcohol motifs (C(OH)–C–C–N with tert-alkyl or cyclic N) is 1. The van der Waals surface area contributed by atoms with Crippen LogP contribution in [0.4, 0.5) is 0 Å². The molecule has 0 amide bonds. The molecular formula is C26H33BrN2O. The molecule has 2 N–H and O–H groups in total. The maximum atomic E-state index is 10.5. The molecule has 0 fully saturated rings. The lowest BCUT2D eigenvalue weighted by atomic mass is 9.93. The largest absolute Gasteiger partial charge is 0.390 e. The molecule has 0 unspecified atom stereocenters. The highest BCUT2D eigenvalue weighted by atomic mass is 79.9. The lowest BCUT2D eigenvalue weighted by molar-refractivity contribution is 0.116. The van der Waals surface area contributed by atoms with E-state index < -0.39 is 6.10 Å². The molecule has 0 aliphatic heterocycles. The molecule has 160 valence electrons. The SMILES string of the molecule is CN(CCc1ccccc1Br)C[C@H](O)CNC(C)(C)Cc1ccc2ccccc2c1. The van der Waals surface area contributed by atoms with Crippen LogP contribution < -0.4 is 5.32 Å². The second-order valence-electron chi connectivity index (χ2n) is 8.88. The van der Waals surface area contributed by atoms with E-state index in [-0.39, 0.29) is 5.54 Å². The van der Waals surface area contributed by atoms with E-state index in [1.165, 1.54) is 21.9 Å². The molecule has 0 aliphatic carbocycles. The highest BCUT2D eigenvalue weighted by molar-refractivity contribution is 9.10. The quantitative estimate of drug-likeness (QED) is 0.436. The Morgan fingerprint density at radius 3 is 2.47 bits per heavy atom. The number of aliphatic hydroxyl groups excluding tert-OH is 1. The number of fused-ring (bicyclic) bond motifs is 1. The number of halogens is 1. The molecule has 0 aromatic heterocycles. The van der Waals surface area contributed by atoms with Crippen LogP contribution in [-0.4, -0.2) is 48.3 Å². The number of nitrogens with one attached hydrogen (secondary N) is 1. The smallest absolute Gasteiger partial charge is 0.0791 e. The number of nitrogens with zero attached hydrogens (tertiary/aromatic N) is 1. The summed E-state index contributed by atoms with van der Waals surface area (Å²) in [5, 5.41) is 16.6. The molecule has 0 bridgehead atoms. The van der Waals surface area contributed by atoms with Gasteiger partial charge in [0.15, 0.2) is 0 Å². The van der Waals surface area contributed by atoms with E-state index in [0.29, 0.717) is 13.1 Å². The van der Waals surface area contributed by atoms with Gasteiger partial charge in [-0.05, 0) is 61.7 Å².